The molecule has 8 heteroatoms. The number of rotatable bonds is 4. The molecule has 1 atom stereocenters. The van der Waals surface area contributed by atoms with Crippen LogP contribution in [0.2, 0.25) is 0 Å². The van der Waals surface area contributed by atoms with Gasteiger partial charge in [-0.15, -0.1) is 10.2 Å². The number of anilines is 1. The molecule has 2 aliphatic rings. The van der Waals surface area contributed by atoms with Crippen LogP contribution in [0.5, 0.6) is 0 Å². The number of nitrogens with one attached hydrogen (secondary N) is 1. The van der Waals surface area contributed by atoms with Crippen LogP contribution in [0.4, 0.5) is 10.2 Å². The number of aromatic nitrogens is 2. The molecule has 3 heterocycles. The molecule has 0 radical (unpaired) electrons. The van der Waals surface area contributed by atoms with Crippen molar-refractivity contribution < 1.29 is 13.9 Å². The van der Waals surface area contributed by atoms with Gasteiger partial charge in [0.15, 0.2) is 5.82 Å². The summed E-state index contributed by atoms with van der Waals surface area (Å²) in [6.07, 6.45) is 1.80. The lowest BCUT2D eigenvalue weighted by molar-refractivity contribution is -0.132. The van der Waals surface area contributed by atoms with Crippen LogP contribution in [0.25, 0.3) is 11.3 Å². The van der Waals surface area contributed by atoms with E-state index in [9.17, 15) is 9.18 Å². The Morgan fingerprint density at radius 2 is 1.86 bits per heavy atom. The van der Waals surface area contributed by atoms with Crippen LogP contribution >= 0.6 is 0 Å². The van der Waals surface area contributed by atoms with E-state index < -0.39 is 0 Å². The van der Waals surface area contributed by atoms with Gasteiger partial charge in [-0.05, 0) is 49.2 Å². The Kier molecular flexibility index (Phi) is 5.78. The summed E-state index contributed by atoms with van der Waals surface area (Å²) in [6.45, 7) is 4.21. The zero-order valence-corrected chi connectivity index (χ0v) is 15.7. The van der Waals surface area contributed by atoms with Crippen molar-refractivity contribution >= 4 is 11.7 Å². The van der Waals surface area contributed by atoms with Crippen molar-refractivity contribution in [2.45, 2.75) is 12.8 Å². The highest BCUT2D eigenvalue weighted by Crippen LogP contribution is 2.23. The van der Waals surface area contributed by atoms with Gasteiger partial charge in [0.1, 0.15) is 5.82 Å². The summed E-state index contributed by atoms with van der Waals surface area (Å²) < 4.78 is 18.4. The molecular formula is C20H24FN5O2. The number of benzene rings is 1. The highest BCUT2D eigenvalue weighted by atomic mass is 19.1. The molecule has 28 heavy (non-hydrogen) atoms. The number of amides is 1. The van der Waals surface area contributed by atoms with Crippen LogP contribution in [0, 0.1) is 11.7 Å². The molecule has 4 rings (SSSR count). The molecule has 0 aliphatic carbocycles. The Hall–Kier alpha value is -2.58. The van der Waals surface area contributed by atoms with Gasteiger partial charge >= 0.3 is 0 Å². The number of piperidine rings is 1. The van der Waals surface area contributed by atoms with E-state index in [1.165, 1.54) is 12.1 Å². The summed E-state index contributed by atoms with van der Waals surface area (Å²) in [5, 5.41) is 10.5. The number of morpholine rings is 1. The second-order valence-electron chi connectivity index (χ2n) is 7.14. The van der Waals surface area contributed by atoms with Crippen LogP contribution in [-0.2, 0) is 9.53 Å². The first-order chi connectivity index (χ1) is 13.7. The maximum atomic E-state index is 13.1. The van der Waals surface area contributed by atoms with Crippen molar-refractivity contribution in [3.8, 4) is 11.3 Å². The molecule has 1 aromatic heterocycles. The number of hydrazine groups is 1. The fourth-order valence-corrected chi connectivity index (χ4v) is 3.59. The van der Waals surface area contributed by atoms with Gasteiger partial charge in [-0.3, -0.25) is 10.2 Å². The standard InChI is InChI=1S/C20H24FN5O2/c21-17-5-3-15(4-6-17)18-7-8-19(23-22-18)25-9-1-2-16(14-25)20(27)24-26-10-12-28-13-11-26/h3-8,16H,1-2,9-14H2,(H,24,27)/t16-/m0/s1. The zero-order valence-electron chi connectivity index (χ0n) is 15.7. The van der Waals surface area contributed by atoms with Gasteiger partial charge in [-0.1, -0.05) is 0 Å². The minimum absolute atomic E-state index is 0.0579. The highest BCUT2D eigenvalue weighted by molar-refractivity contribution is 5.79. The predicted octanol–water partition coefficient (Wildman–Crippen LogP) is 1.86. The molecule has 1 N–H and O–H groups in total. The Morgan fingerprint density at radius 1 is 1.07 bits per heavy atom. The second-order valence-corrected chi connectivity index (χ2v) is 7.14. The second kappa shape index (κ2) is 8.62. The van der Waals surface area contributed by atoms with Crippen LogP contribution in [0.15, 0.2) is 36.4 Å². The first-order valence-electron chi connectivity index (χ1n) is 9.67. The first kappa shape index (κ1) is 18.8. The maximum Gasteiger partial charge on any atom is 0.239 e. The fraction of sp³-hybridized carbons (Fsp3) is 0.450. The van der Waals surface area contributed by atoms with Crippen molar-refractivity contribution in [3.05, 3.63) is 42.2 Å². The van der Waals surface area contributed by atoms with E-state index in [2.05, 4.69) is 20.5 Å². The molecule has 148 valence electrons. The minimum Gasteiger partial charge on any atom is -0.379 e. The van der Waals surface area contributed by atoms with Gasteiger partial charge in [0, 0.05) is 31.7 Å². The number of halogens is 1. The smallest absolute Gasteiger partial charge is 0.239 e. The topological polar surface area (TPSA) is 70.6 Å². The normalized spacial score (nSPS) is 20.8. The van der Waals surface area contributed by atoms with E-state index in [1.807, 2.05) is 17.1 Å². The number of carbonyl (C=O) groups is 1. The van der Waals surface area contributed by atoms with Crippen molar-refractivity contribution in [2.75, 3.05) is 44.3 Å². The lowest BCUT2D eigenvalue weighted by atomic mass is 9.97. The average molecular weight is 385 g/mol. The molecule has 0 unspecified atom stereocenters. The van der Waals surface area contributed by atoms with Gasteiger partial charge in [-0.2, -0.15) is 0 Å². The molecule has 2 aromatic rings. The average Bonchev–Trinajstić information content (AvgIpc) is 2.75. The molecular weight excluding hydrogens is 361 g/mol. The van der Waals surface area contributed by atoms with Crippen LogP contribution < -0.4 is 10.3 Å². The number of hydrogen-bond acceptors (Lipinski definition) is 6. The number of hydrogen-bond donors (Lipinski definition) is 1. The van der Waals surface area contributed by atoms with Crippen molar-refractivity contribution in [2.24, 2.45) is 5.92 Å². The van der Waals surface area contributed by atoms with E-state index in [1.54, 1.807) is 12.1 Å². The first-order valence-corrected chi connectivity index (χ1v) is 9.67. The van der Waals surface area contributed by atoms with Gasteiger partial charge in [0.05, 0.1) is 24.8 Å². The third kappa shape index (κ3) is 4.45. The minimum atomic E-state index is -0.275. The molecule has 2 fully saturated rings. The van der Waals surface area contributed by atoms with E-state index in [4.69, 9.17) is 4.74 Å². The lowest BCUT2D eigenvalue weighted by Gasteiger charge is -2.34. The quantitative estimate of drug-likeness (QED) is 0.866. The van der Waals surface area contributed by atoms with Gasteiger partial charge in [0.2, 0.25) is 5.91 Å². The lowest BCUT2D eigenvalue weighted by Crippen LogP contribution is -2.52. The van der Waals surface area contributed by atoms with Gasteiger partial charge in [-0.25, -0.2) is 9.40 Å². The molecule has 2 aliphatic heterocycles. The third-order valence-corrected chi connectivity index (χ3v) is 5.19. The maximum absolute atomic E-state index is 13.1. The summed E-state index contributed by atoms with van der Waals surface area (Å²) in [7, 11) is 0. The van der Waals surface area contributed by atoms with Crippen molar-refractivity contribution in [3.63, 3.8) is 0 Å². The molecule has 0 spiro atoms. The van der Waals surface area contributed by atoms with Gasteiger partial charge in [0.25, 0.3) is 0 Å². The molecule has 0 saturated carbocycles. The Balaban J connectivity index is 1.38. The van der Waals surface area contributed by atoms with Crippen LogP contribution in [-0.4, -0.2) is 60.5 Å². The Bertz CT molecular complexity index is 793. The van der Waals surface area contributed by atoms with E-state index in [0.717, 1.165) is 43.9 Å². The fourth-order valence-electron chi connectivity index (χ4n) is 3.59. The number of carbonyl (C=O) groups excluding carboxylic acids is 1. The zero-order chi connectivity index (χ0) is 19.3. The van der Waals surface area contributed by atoms with E-state index in [0.29, 0.717) is 25.5 Å². The molecule has 1 aromatic carbocycles. The number of nitrogens with zero attached hydrogens (tertiary/aromatic N) is 4. The Labute approximate surface area is 163 Å². The summed E-state index contributed by atoms with van der Waals surface area (Å²) in [4.78, 5) is 14.7. The van der Waals surface area contributed by atoms with E-state index in [-0.39, 0.29) is 17.6 Å². The van der Waals surface area contributed by atoms with Crippen molar-refractivity contribution in [1.82, 2.24) is 20.6 Å². The summed E-state index contributed by atoms with van der Waals surface area (Å²) in [5.41, 5.74) is 4.53. The van der Waals surface area contributed by atoms with E-state index >= 15 is 0 Å². The highest BCUT2D eigenvalue weighted by Gasteiger charge is 2.28. The summed E-state index contributed by atoms with van der Waals surface area (Å²) in [6, 6.07) is 9.99. The largest absolute Gasteiger partial charge is 0.379 e. The summed E-state index contributed by atoms with van der Waals surface area (Å²) in [5.74, 6) is 0.468. The van der Waals surface area contributed by atoms with Gasteiger partial charge < -0.3 is 9.64 Å². The molecule has 0 bridgehead atoms. The van der Waals surface area contributed by atoms with Crippen molar-refractivity contribution in [1.29, 1.82) is 0 Å². The van der Waals surface area contributed by atoms with Crippen LogP contribution in [0.1, 0.15) is 12.8 Å². The third-order valence-electron chi connectivity index (χ3n) is 5.19. The Morgan fingerprint density at radius 3 is 2.57 bits per heavy atom. The predicted molar refractivity (Wildman–Crippen MR) is 103 cm³/mol. The monoisotopic (exact) mass is 385 g/mol. The SMILES string of the molecule is O=C(NN1CCOCC1)[C@H]1CCCN(c2ccc(-c3ccc(F)cc3)nn2)C1. The molecule has 1 amide bonds. The molecule has 7 nitrogen and oxygen atoms in total. The van der Waals surface area contributed by atoms with Crippen LogP contribution in [0.3, 0.4) is 0 Å². The number of ether oxygens (including phenoxy) is 1. The molecule has 2 saturated heterocycles. The summed E-state index contributed by atoms with van der Waals surface area (Å²) >= 11 is 0.